The minimum atomic E-state index is -0.365. The summed E-state index contributed by atoms with van der Waals surface area (Å²) in [6.07, 6.45) is 1.26. The number of carbonyl (C=O) groups is 1. The first kappa shape index (κ1) is 13.3. The molecule has 92 valence electrons. The highest BCUT2D eigenvalue weighted by Gasteiger charge is 2.11. The Morgan fingerprint density at radius 1 is 1.22 bits per heavy atom. The van der Waals surface area contributed by atoms with Crippen molar-refractivity contribution in [2.45, 2.75) is 0 Å². The maximum absolute atomic E-state index is 12.0. The lowest BCUT2D eigenvalue weighted by Gasteiger charge is -2.06. The van der Waals surface area contributed by atoms with E-state index in [0.717, 1.165) is 4.47 Å². The molecule has 0 aliphatic carbocycles. The summed E-state index contributed by atoms with van der Waals surface area (Å²) in [5.41, 5.74) is 0.348. The molecule has 1 aromatic carbocycles. The standard InChI is InChI=1S/C11H6BrCl2N3O/c12-6-1-2-8(13)7(3-6)11(18)17-10-4-9(14)15-5-16-10/h1-5H,(H,15,16,17,18). The third-order valence-electron chi connectivity index (χ3n) is 2.05. The fourth-order valence-corrected chi connectivity index (χ4v) is 1.97. The van der Waals surface area contributed by atoms with E-state index in [1.807, 2.05) is 0 Å². The number of rotatable bonds is 2. The van der Waals surface area contributed by atoms with Gasteiger partial charge in [0.1, 0.15) is 17.3 Å². The third kappa shape index (κ3) is 3.19. The zero-order chi connectivity index (χ0) is 13.1. The molecule has 0 saturated carbocycles. The monoisotopic (exact) mass is 345 g/mol. The van der Waals surface area contributed by atoms with Crippen molar-refractivity contribution < 1.29 is 4.79 Å². The molecule has 0 aliphatic heterocycles. The van der Waals surface area contributed by atoms with Crippen LogP contribution in [0.25, 0.3) is 0 Å². The van der Waals surface area contributed by atoms with Gasteiger partial charge >= 0.3 is 0 Å². The number of nitrogens with zero attached hydrogens (tertiary/aromatic N) is 2. The second-order valence-corrected chi connectivity index (χ2v) is 5.01. The summed E-state index contributed by atoms with van der Waals surface area (Å²) in [6, 6.07) is 6.46. The number of aromatic nitrogens is 2. The van der Waals surface area contributed by atoms with Crippen molar-refractivity contribution >= 4 is 50.9 Å². The van der Waals surface area contributed by atoms with Gasteiger partial charge in [-0.3, -0.25) is 4.79 Å². The average Bonchev–Trinajstić information content (AvgIpc) is 2.32. The van der Waals surface area contributed by atoms with E-state index in [9.17, 15) is 4.79 Å². The number of hydrogen-bond acceptors (Lipinski definition) is 3. The lowest BCUT2D eigenvalue weighted by atomic mass is 10.2. The van der Waals surface area contributed by atoms with Crippen molar-refractivity contribution in [1.82, 2.24) is 9.97 Å². The number of anilines is 1. The van der Waals surface area contributed by atoms with Crippen LogP contribution in [0.5, 0.6) is 0 Å². The van der Waals surface area contributed by atoms with Gasteiger partial charge in [0.2, 0.25) is 0 Å². The topological polar surface area (TPSA) is 54.9 Å². The zero-order valence-corrected chi connectivity index (χ0v) is 11.9. The molecule has 7 heteroatoms. The zero-order valence-electron chi connectivity index (χ0n) is 8.82. The van der Waals surface area contributed by atoms with E-state index < -0.39 is 0 Å². The van der Waals surface area contributed by atoms with Crippen molar-refractivity contribution in [2.24, 2.45) is 0 Å². The molecule has 1 heterocycles. The highest BCUT2D eigenvalue weighted by atomic mass is 79.9. The molecule has 0 bridgehead atoms. The van der Waals surface area contributed by atoms with E-state index in [1.54, 1.807) is 18.2 Å². The Bertz CT molecular complexity index is 607. The Morgan fingerprint density at radius 2 is 2.00 bits per heavy atom. The van der Waals surface area contributed by atoms with Crippen LogP contribution < -0.4 is 5.32 Å². The Kier molecular flexibility index (Phi) is 4.16. The van der Waals surface area contributed by atoms with Crippen LogP contribution in [0, 0.1) is 0 Å². The van der Waals surface area contributed by atoms with Crippen LogP contribution in [0.15, 0.2) is 35.1 Å². The molecule has 18 heavy (non-hydrogen) atoms. The fourth-order valence-electron chi connectivity index (χ4n) is 1.26. The summed E-state index contributed by atoms with van der Waals surface area (Å²) in [5, 5.41) is 3.20. The maximum atomic E-state index is 12.0. The number of hydrogen-bond donors (Lipinski definition) is 1. The van der Waals surface area contributed by atoms with Crippen LogP contribution in [0.4, 0.5) is 5.82 Å². The van der Waals surface area contributed by atoms with Gasteiger partial charge in [0.05, 0.1) is 10.6 Å². The quantitative estimate of drug-likeness (QED) is 0.841. The molecule has 1 N–H and O–H groups in total. The predicted molar refractivity (Wildman–Crippen MR) is 74.1 cm³/mol. The van der Waals surface area contributed by atoms with Crippen molar-refractivity contribution in [2.75, 3.05) is 5.32 Å². The van der Waals surface area contributed by atoms with E-state index in [1.165, 1.54) is 12.4 Å². The largest absolute Gasteiger partial charge is 0.306 e. The molecule has 4 nitrogen and oxygen atoms in total. The predicted octanol–water partition coefficient (Wildman–Crippen LogP) is 3.80. The van der Waals surface area contributed by atoms with E-state index in [4.69, 9.17) is 23.2 Å². The molecule has 1 aromatic heterocycles. The number of amides is 1. The second kappa shape index (κ2) is 5.65. The van der Waals surface area contributed by atoms with Crippen LogP contribution in [0.1, 0.15) is 10.4 Å². The van der Waals surface area contributed by atoms with Crippen molar-refractivity contribution in [3.8, 4) is 0 Å². The van der Waals surface area contributed by atoms with Crippen LogP contribution in [0.3, 0.4) is 0 Å². The second-order valence-electron chi connectivity index (χ2n) is 3.30. The average molecular weight is 347 g/mol. The van der Waals surface area contributed by atoms with Crippen molar-refractivity contribution in [3.63, 3.8) is 0 Å². The minimum Gasteiger partial charge on any atom is -0.306 e. The molecule has 0 saturated heterocycles. The first-order valence-corrected chi connectivity index (χ1v) is 6.35. The summed E-state index contributed by atoms with van der Waals surface area (Å²) in [5.74, 6) is -0.0490. The summed E-state index contributed by atoms with van der Waals surface area (Å²) in [7, 11) is 0. The van der Waals surface area contributed by atoms with Gasteiger partial charge in [0, 0.05) is 10.5 Å². The smallest absolute Gasteiger partial charge is 0.258 e. The number of nitrogens with one attached hydrogen (secondary N) is 1. The molecule has 0 radical (unpaired) electrons. The number of benzene rings is 1. The Balaban J connectivity index is 2.24. The number of carbonyl (C=O) groups excluding carboxylic acids is 1. The summed E-state index contributed by atoms with van der Waals surface area (Å²) in [6.45, 7) is 0. The lowest BCUT2D eigenvalue weighted by molar-refractivity contribution is 0.102. The van der Waals surface area contributed by atoms with E-state index >= 15 is 0 Å². The highest BCUT2D eigenvalue weighted by Crippen LogP contribution is 2.22. The van der Waals surface area contributed by atoms with Gasteiger partial charge in [-0.25, -0.2) is 9.97 Å². The SMILES string of the molecule is O=C(Nc1cc(Cl)ncn1)c1cc(Br)ccc1Cl. The Hall–Kier alpha value is -1.17. The van der Waals surface area contributed by atoms with Gasteiger partial charge in [-0.2, -0.15) is 0 Å². The normalized spacial score (nSPS) is 10.2. The van der Waals surface area contributed by atoms with Crippen LogP contribution in [0.2, 0.25) is 10.2 Å². The molecule has 1 amide bonds. The van der Waals surface area contributed by atoms with Gasteiger partial charge in [0.25, 0.3) is 5.91 Å². The maximum Gasteiger partial charge on any atom is 0.258 e. The summed E-state index contributed by atoms with van der Waals surface area (Å²) in [4.78, 5) is 19.6. The summed E-state index contributed by atoms with van der Waals surface area (Å²) >= 11 is 14.9. The molecule has 0 fully saturated rings. The van der Waals surface area contributed by atoms with Gasteiger partial charge in [-0.1, -0.05) is 39.1 Å². The van der Waals surface area contributed by atoms with Gasteiger partial charge in [-0.15, -0.1) is 0 Å². The van der Waals surface area contributed by atoms with E-state index in [-0.39, 0.29) is 11.1 Å². The highest BCUT2D eigenvalue weighted by molar-refractivity contribution is 9.10. The van der Waals surface area contributed by atoms with Crippen LogP contribution >= 0.6 is 39.1 Å². The van der Waals surface area contributed by atoms with E-state index in [0.29, 0.717) is 16.4 Å². The first-order valence-electron chi connectivity index (χ1n) is 4.80. The summed E-state index contributed by atoms with van der Waals surface area (Å²) < 4.78 is 0.762. The first-order chi connectivity index (χ1) is 8.56. The molecule has 0 spiro atoms. The van der Waals surface area contributed by atoms with Crippen molar-refractivity contribution in [3.05, 3.63) is 50.8 Å². The Morgan fingerprint density at radius 3 is 2.72 bits per heavy atom. The Labute approximate surface area is 121 Å². The van der Waals surface area contributed by atoms with Crippen LogP contribution in [-0.2, 0) is 0 Å². The minimum absolute atomic E-state index is 0.251. The van der Waals surface area contributed by atoms with E-state index in [2.05, 4.69) is 31.2 Å². The fraction of sp³-hybridized carbons (Fsp3) is 0. The number of halogens is 3. The van der Waals surface area contributed by atoms with Gasteiger partial charge in [0.15, 0.2) is 0 Å². The molecular weight excluding hydrogens is 341 g/mol. The lowest BCUT2D eigenvalue weighted by Crippen LogP contribution is -2.13. The van der Waals surface area contributed by atoms with Crippen molar-refractivity contribution in [1.29, 1.82) is 0 Å². The molecule has 0 atom stereocenters. The van der Waals surface area contributed by atoms with Gasteiger partial charge < -0.3 is 5.32 Å². The van der Waals surface area contributed by atoms with Gasteiger partial charge in [-0.05, 0) is 18.2 Å². The molecule has 2 rings (SSSR count). The third-order valence-corrected chi connectivity index (χ3v) is 3.08. The molecule has 2 aromatic rings. The molecule has 0 unspecified atom stereocenters. The van der Waals surface area contributed by atoms with Crippen LogP contribution in [-0.4, -0.2) is 15.9 Å². The molecular formula is C11H6BrCl2N3O. The molecule has 0 aliphatic rings.